The van der Waals surface area contributed by atoms with Crippen LogP contribution < -0.4 is 15.4 Å². The number of amides is 2. The van der Waals surface area contributed by atoms with Crippen LogP contribution in [0.25, 0.3) is 0 Å². The predicted molar refractivity (Wildman–Crippen MR) is 109 cm³/mol. The average Bonchev–Trinajstić information content (AvgIpc) is 2.66. The molecule has 4 saturated carbocycles. The van der Waals surface area contributed by atoms with E-state index in [0.29, 0.717) is 11.1 Å². The summed E-state index contributed by atoms with van der Waals surface area (Å²) < 4.78 is 5.11. The van der Waals surface area contributed by atoms with Crippen LogP contribution in [-0.4, -0.2) is 25.0 Å². The molecule has 5 nitrogen and oxygen atoms in total. The minimum atomic E-state index is -0.136. The van der Waals surface area contributed by atoms with Crippen molar-refractivity contribution in [2.75, 3.05) is 12.4 Å². The van der Waals surface area contributed by atoms with Crippen molar-refractivity contribution in [3.63, 3.8) is 0 Å². The standard InChI is InChI=1S/C23H32N2O3/c1-15(23-12-16-9-17(13-23)11-18(10-16)14-23)24-21(26)7-8-22(27)25-19-3-5-20(28-2)6-4-19/h3-6,15-18H,7-14H2,1-2H3,(H,24,26)(H,25,27)/t15-,16?,17?,18?,23?/m1/s1. The molecule has 2 amide bonds. The van der Waals surface area contributed by atoms with Crippen LogP contribution in [0, 0.1) is 23.2 Å². The molecule has 0 saturated heterocycles. The van der Waals surface area contributed by atoms with Crippen LogP contribution in [0.3, 0.4) is 0 Å². The Labute approximate surface area is 167 Å². The molecule has 28 heavy (non-hydrogen) atoms. The van der Waals surface area contributed by atoms with Gasteiger partial charge in [-0.25, -0.2) is 0 Å². The summed E-state index contributed by atoms with van der Waals surface area (Å²) in [5.41, 5.74) is 1.02. The molecule has 4 bridgehead atoms. The smallest absolute Gasteiger partial charge is 0.224 e. The van der Waals surface area contributed by atoms with Gasteiger partial charge in [-0.1, -0.05) is 0 Å². The monoisotopic (exact) mass is 384 g/mol. The highest BCUT2D eigenvalue weighted by Gasteiger charge is 2.53. The lowest BCUT2D eigenvalue weighted by Crippen LogP contribution is -2.55. The molecule has 0 radical (unpaired) electrons. The second kappa shape index (κ2) is 7.76. The van der Waals surface area contributed by atoms with E-state index in [-0.39, 0.29) is 30.7 Å². The third kappa shape index (κ3) is 4.03. The third-order valence-electron chi connectivity index (χ3n) is 7.33. The summed E-state index contributed by atoms with van der Waals surface area (Å²) >= 11 is 0. The Bertz CT molecular complexity index is 693. The molecule has 152 valence electrons. The summed E-state index contributed by atoms with van der Waals surface area (Å²) in [6, 6.07) is 7.40. The molecule has 0 heterocycles. The van der Waals surface area contributed by atoms with Crippen molar-refractivity contribution in [3.05, 3.63) is 24.3 Å². The van der Waals surface area contributed by atoms with Gasteiger partial charge in [0.05, 0.1) is 7.11 Å². The number of benzene rings is 1. The fourth-order valence-corrected chi connectivity index (χ4v) is 6.30. The first-order chi connectivity index (χ1) is 13.5. The van der Waals surface area contributed by atoms with Gasteiger partial charge in [0.1, 0.15) is 5.75 Å². The molecule has 0 aliphatic heterocycles. The maximum Gasteiger partial charge on any atom is 0.224 e. The Morgan fingerprint density at radius 3 is 2.07 bits per heavy atom. The largest absolute Gasteiger partial charge is 0.497 e. The number of ether oxygens (including phenoxy) is 1. The lowest BCUT2D eigenvalue weighted by Gasteiger charge is -2.59. The predicted octanol–water partition coefficient (Wildman–Crippen LogP) is 4.14. The summed E-state index contributed by atoms with van der Waals surface area (Å²) in [6.45, 7) is 2.18. The molecule has 1 aromatic carbocycles. The van der Waals surface area contributed by atoms with Gasteiger partial charge in [0.15, 0.2) is 0 Å². The Hall–Kier alpha value is -2.04. The molecule has 0 spiro atoms. The number of hydrogen-bond donors (Lipinski definition) is 2. The summed E-state index contributed by atoms with van der Waals surface area (Å²) in [5, 5.41) is 6.07. The van der Waals surface area contributed by atoms with Crippen molar-refractivity contribution in [3.8, 4) is 5.75 Å². The summed E-state index contributed by atoms with van der Waals surface area (Å²) in [5.74, 6) is 3.23. The van der Waals surface area contributed by atoms with E-state index < -0.39 is 0 Å². The number of nitrogens with one attached hydrogen (secondary N) is 2. The van der Waals surface area contributed by atoms with Crippen LogP contribution in [0.5, 0.6) is 5.75 Å². The van der Waals surface area contributed by atoms with Gasteiger partial charge in [-0.15, -0.1) is 0 Å². The topological polar surface area (TPSA) is 67.4 Å². The fourth-order valence-electron chi connectivity index (χ4n) is 6.30. The number of rotatable bonds is 7. The number of methoxy groups -OCH3 is 1. The van der Waals surface area contributed by atoms with Crippen LogP contribution >= 0.6 is 0 Å². The number of carbonyl (C=O) groups excluding carboxylic acids is 2. The highest BCUT2D eigenvalue weighted by Crippen LogP contribution is 2.61. The van der Waals surface area contributed by atoms with Crippen molar-refractivity contribution in [2.24, 2.45) is 23.2 Å². The Morgan fingerprint density at radius 1 is 1.00 bits per heavy atom. The molecule has 2 N–H and O–H groups in total. The second-order valence-corrected chi connectivity index (χ2v) is 9.35. The maximum absolute atomic E-state index is 12.5. The van der Waals surface area contributed by atoms with E-state index in [2.05, 4.69) is 17.6 Å². The van der Waals surface area contributed by atoms with Crippen molar-refractivity contribution in [1.82, 2.24) is 5.32 Å². The molecule has 5 rings (SSSR count). The first-order valence-corrected chi connectivity index (χ1v) is 10.7. The number of anilines is 1. The third-order valence-corrected chi connectivity index (χ3v) is 7.33. The first kappa shape index (κ1) is 19.3. The fraction of sp³-hybridized carbons (Fsp3) is 0.652. The van der Waals surface area contributed by atoms with Gasteiger partial charge in [0.2, 0.25) is 11.8 Å². The zero-order valence-corrected chi connectivity index (χ0v) is 17.0. The molecule has 0 aromatic heterocycles. The van der Waals surface area contributed by atoms with Crippen LogP contribution in [0.2, 0.25) is 0 Å². The highest BCUT2D eigenvalue weighted by atomic mass is 16.5. The van der Waals surface area contributed by atoms with Gasteiger partial charge in [0, 0.05) is 24.6 Å². The van der Waals surface area contributed by atoms with Gasteiger partial charge in [-0.3, -0.25) is 9.59 Å². The SMILES string of the molecule is COc1ccc(NC(=O)CCC(=O)N[C@H](C)C23CC4CC(CC(C4)C2)C3)cc1. The van der Waals surface area contributed by atoms with E-state index in [1.165, 1.54) is 38.5 Å². The van der Waals surface area contributed by atoms with Crippen LogP contribution in [-0.2, 0) is 9.59 Å². The number of carbonyl (C=O) groups is 2. The van der Waals surface area contributed by atoms with Gasteiger partial charge in [-0.05, 0) is 92.9 Å². The minimum absolute atomic E-state index is 0.00636. The van der Waals surface area contributed by atoms with Crippen molar-refractivity contribution < 1.29 is 14.3 Å². The Kier molecular flexibility index (Phi) is 5.35. The molecule has 1 atom stereocenters. The van der Waals surface area contributed by atoms with E-state index in [1.807, 2.05) is 0 Å². The molecule has 0 unspecified atom stereocenters. The molecule has 4 aliphatic carbocycles. The van der Waals surface area contributed by atoms with Crippen molar-refractivity contribution in [2.45, 2.75) is 64.3 Å². The highest BCUT2D eigenvalue weighted by molar-refractivity contribution is 5.93. The summed E-state index contributed by atoms with van der Waals surface area (Å²) in [7, 11) is 1.61. The van der Waals surface area contributed by atoms with Gasteiger partial charge in [0.25, 0.3) is 0 Å². The average molecular weight is 385 g/mol. The van der Waals surface area contributed by atoms with E-state index in [0.717, 1.165) is 23.5 Å². The first-order valence-electron chi connectivity index (χ1n) is 10.7. The van der Waals surface area contributed by atoms with E-state index >= 15 is 0 Å². The van der Waals surface area contributed by atoms with Crippen LogP contribution in [0.4, 0.5) is 5.69 Å². The molecular formula is C23H32N2O3. The summed E-state index contributed by atoms with van der Waals surface area (Å²) in [6.07, 6.45) is 8.49. The molecule has 1 aromatic rings. The minimum Gasteiger partial charge on any atom is -0.497 e. The van der Waals surface area contributed by atoms with Crippen LogP contribution in [0.1, 0.15) is 58.3 Å². The lowest BCUT2D eigenvalue weighted by atomic mass is 9.48. The lowest BCUT2D eigenvalue weighted by molar-refractivity contribution is -0.128. The van der Waals surface area contributed by atoms with Crippen LogP contribution in [0.15, 0.2) is 24.3 Å². The zero-order valence-electron chi connectivity index (χ0n) is 17.0. The molecular weight excluding hydrogens is 352 g/mol. The van der Waals surface area contributed by atoms with Gasteiger partial charge >= 0.3 is 0 Å². The van der Waals surface area contributed by atoms with Crippen molar-refractivity contribution in [1.29, 1.82) is 0 Å². The van der Waals surface area contributed by atoms with Gasteiger partial charge < -0.3 is 15.4 Å². The van der Waals surface area contributed by atoms with Crippen molar-refractivity contribution >= 4 is 17.5 Å². The normalized spacial score (nSPS) is 31.3. The Balaban J connectivity index is 1.24. The molecule has 4 fully saturated rings. The van der Waals surface area contributed by atoms with E-state index in [9.17, 15) is 9.59 Å². The second-order valence-electron chi connectivity index (χ2n) is 9.35. The Morgan fingerprint density at radius 2 is 1.54 bits per heavy atom. The summed E-state index contributed by atoms with van der Waals surface area (Å²) in [4.78, 5) is 24.6. The molecule has 4 aliphatic rings. The number of hydrogen-bond acceptors (Lipinski definition) is 3. The maximum atomic E-state index is 12.5. The van der Waals surface area contributed by atoms with E-state index in [4.69, 9.17) is 4.74 Å². The quantitative estimate of drug-likeness (QED) is 0.743. The van der Waals surface area contributed by atoms with E-state index in [1.54, 1.807) is 31.4 Å². The zero-order chi connectivity index (χ0) is 19.7. The molecule has 5 heteroatoms. The van der Waals surface area contributed by atoms with Gasteiger partial charge in [-0.2, -0.15) is 0 Å².